The van der Waals surface area contributed by atoms with Crippen molar-refractivity contribution in [3.8, 4) is 0 Å². The maximum Gasteiger partial charge on any atom is 0.391 e. The fourth-order valence-corrected chi connectivity index (χ4v) is 4.19. The molecule has 2 aliphatic rings. The van der Waals surface area contributed by atoms with E-state index in [4.69, 9.17) is 4.74 Å². The van der Waals surface area contributed by atoms with Gasteiger partial charge in [0.1, 0.15) is 0 Å². The van der Waals surface area contributed by atoms with Crippen LogP contribution in [0.1, 0.15) is 59.8 Å². The number of ether oxygens (including phenoxy) is 1. The standard InChI is InChI=1S/C15H25F3O2/c1-12(2)9-11(13(3,4)20-12)14(19)7-5-10(6-8-14)15(16,17)18/h10-11,19H,5-9H2,1-4H3. The van der Waals surface area contributed by atoms with E-state index in [1.807, 2.05) is 27.7 Å². The van der Waals surface area contributed by atoms with Crippen molar-refractivity contribution in [1.29, 1.82) is 0 Å². The summed E-state index contributed by atoms with van der Waals surface area (Å²) in [6.07, 6.45) is -2.98. The number of rotatable bonds is 1. The molecule has 1 N–H and O–H groups in total. The maximum absolute atomic E-state index is 12.7. The Morgan fingerprint density at radius 3 is 1.90 bits per heavy atom. The van der Waals surface area contributed by atoms with Gasteiger partial charge in [0, 0.05) is 5.92 Å². The molecule has 0 bridgehead atoms. The van der Waals surface area contributed by atoms with E-state index in [0.29, 0.717) is 6.42 Å². The van der Waals surface area contributed by atoms with Crippen LogP contribution in [-0.4, -0.2) is 28.1 Å². The van der Waals surface area contributed by atoms with E-state index in [1.165, 1.54) is 0 Å². The summed E-state index contributed by atoms with van der Waals surface area (Å²) < 4.78 is 44.2. The van der Waals surface area contributed by atoms with Crippen molar-refractivity contribution in [1.82, 2.24) is 0 Å². The molecular weight excluding hydrogens is 269 g/mol. The molecule has 0 radical (unpaired) electrons. The summed E-state index contributed by atoms with van der Waals surface area (Å²) in [6.45, 7) is 7.80. The summed E-state index contributed by atoms with van der Waals surface area (Å²) in [4.78, 5) is 0. The van der Waals surface area contributed by atoms with Gasteiger partial charge in [0.2, 0.25) is 0 Å². The third-order valence-electron chi connectivity index (χ3n) is 5.04. The van der Waals surface area contributed by atoms with Gasteiger partial charge in [-0.15, -0.1) is 0 Å². The first kappa shape index (κ1) is 16.1. The van der Waals surface area contributed by atoms with E-state index in [2.05, 4.69) is 0 Å². The largest absolute Gasteiger partial charge is 0.391 e. The van der Waals surface area contributed by atoms with E-state index in [9.17, 15) is 18.3 Å². The zero-order valence-electron chi connectivity index (χ0n) is 12.7. The Balaban J connectivity index is 2.10. The van der Waals surface area contributed by atoms with Crippen molar-refractivity contribution < 1.29 is 23.0 Å². The quantitative estimate of drug-likeness (QED) is 0.790. The van der Waals surface area contributed by atoms with E-state index in [-0.39, 0.29) is 37.2 Å². The second kappa shape index (κ2) is 4.60. The Bertz CT molecular complexity index is 366. The van der Waals surface area contributed by atoms with Crippen molar-refractivity contribution in [2.45, 2.75) is 82.8 Å². The molecule has 1 heterocycles. The van der Waals surface area contributed by atoms with E-state index in [0.717, 1.165) is 0 Å². The first-order chi connectivity index (χ1) is 8.86. The molecule has 2 fully saturated rings. The van der Waals surface area contributed by atoms with E-state index in [1.54, 1.807) is 0 Å². The monoisotopic (exact) mass is 294 g/mol. The van der Waals surface area contributed by atoms with Crippen LogP contribution in [0.15, 0.2) is 0 Å². The predicted molar refractivity (Wildman–Crippen MR) is 70.3 cm³/mol. The Kier molecular flexibility index (Phi) is 3.70. The highest BCUT2D eigenvalue weighted by Crippen LogP contribution is 2.53. The Labute approximate surface area is 118 Å². The zero-order valence-corrected chi connectivity index (χ0v) is 12.7. The second-order valence-corrected chi connectivity index (χ2v) is 7.64. The topological polar surface area (TPSA) is 29.5 Å². The van der Waals surface area contributed by atoms with Gasteiger partial charge in [0.15, 0.2) is 0 Å². The molecule has 1 saturated heterocycles. The lowest BCUT2D eigenvalue weighted by Gasteiger charge is -2.44. The average molecular weight is 294 g/mol. The van der Waals surface area contributed by atoms with Gasteiger partial charge in [-0.3, -0.25) is 0 Å². The van der Waals surface area contributed by atoms with Gasteiger partial charge in [-0.1, -0.05) is 0 Å². The molecule has 0 aromatic heterocycles. The molecule has 1 aliphatic carbocycles. The molecule has 20 heavy (non-hydrogen) atoms. The summed E-state index contributed by atoms with van der Waals surface area (Å²) in [5.74, 6) is -1.37. The first-order valence-electron chi connectivity index (χ1n) is 7.35. The zero-order chi connectivity index (χ0) is 15.4. The predicted octanol–water partition coefficient (Wildman–Crippen LogP) is 4.06. The molecule has 0 spiro atoms. The lowest BCUT2D eigenvalue weighted by atomic mass is 9.66. The second-order valence-electron chi connectivity index (χ2n) is 7.64. The van der Waals surface area contributed by atoms with Gasteiger partial charge in [-0.05, 0) is 59.8 Å². The number of hydrogen-bond acceptors (Lipinski definition) is 2. The third-order valence-corrected chi connectivity index (χ3v) is 5.04. The molecule has 0 amide bonds. The van der Waals surface area contributed by atoms with Gasteiger partial charge < -0.3 is 9.84 Å². The molecule has 5 heteroatoms. The van der Waals surface area contributed by atoms with Gasteiger partial charge in [-0.2, -0.15) is 13.2 Å². The summed E-state index contributed by atoms with van der Waals surface area (Å²) in [5.41, 5.74) is -1.85. The minimum absolute atomic E-state index is 0.0208. The van der Waals surface area contributed by atoms with Crippen LogP contribution in [0.5, 0.6) is 0 Å². The third kappa shape index (κ3) is 2.98. The SMILES string of the molecule is CC1(C)CC(C2(O)CCC(C(F)(F)F)CC2)C(C)(C)O1. The number of hydrogen-bond donors (Lipinski definition) is 1. The van der Waals surface area contributed by atoms with Crippen LogP contribution in [0.4, 0.5) is 13.2 Å². The minimum Gasteiger partial charge on any atom is -0.389 e. The fraction of sp³-hybridized carbons (Fsp3) is 1.00. The molecule has 2 nitrogen and oxygen atoms in total. The normalized spacial score (nSPS) is 40.8. The Morgan fingerprint density at radius 2 is 1.55 bits per heavy atom. The smallest absolute Gasteiger partial charge is 0.389 e. The Hall–Kier alpha value is -0.290. The van der Waals surface area contributed by atoms with Gasteiger partial charge >= 0.3 is 6.18 Å². The molecule has 1 unspecified atom stereocenters. The van der Waals surface area contributed by atoms with Crippen LogP contribution >= 0.6 is 0 Å². The Morgan fingerprint density at radius 1 is 1.05 bits per heavy atom. The summed E-state index contributed by atoms with van der Waals surface area (Å²) in [6, 6.07) is 0. The van der Waals surface area contributed by atoms with E-state index < -0.39 is 23.3 Å². The fourth-order valence-electron chi connectivity index (χ4n) is 4.19. The van der Waals surface area contributed by atoms with Gasteiger partial charge in [0.25, 0.3) is 0 Å². The van der Waals surface area contributed by atoms with Crippen molar-refractivity contribution in [2.75, 3.05) is 0 Å². The molecular formula is C15H25F3O2. The minimum atomic E-state index is -4.14. The maximum atomic E-state index is 12.7. The lowest BCUT2D eigenvalue weighted by Crippen LogP contribution is -2.49. The molecule has 0 aromatic carbocycles. The highest BCUT2D eigenvalue weighted by molar-refractivity contribution is 5.05. The van der Waals surface area contributed by atoms with Crippen LogP contribution < -0.4 is 0 Å². The number of aliphatic hydroxyl groups is 1. The summed E-state index contributed by atoms with van der Waals surface area (Å²) in [5, 5.41) is 10.9. The van der Waals surface area contributed by atoms with Crippen LogP contribution in [-0.2, 0) is 4.74 Å². The number of halogens is 3. The van der Waals surface area contributed by atoms with Gasteiger partial charge in [0.05, 0.1) is 22.7 Å². The lowest BCUT2D eigenvalue weighted by molar-refractivity contribution is -0.200. The van der Waals surface area contributed by atoms with Crippen molar-refractivity contribution in [3.05, 3.63) is 0 Å². The highest BCUT2D eigenvalue weighted by Gasteiger charge is 2.57. The summed E-state index contributed by atoms with van der Waals surface area (Å²) >= 11 is 0. The van der Waals surface area contributed by atoms with Gasteiger partial charge in [-0.25, -0.2) is 0 Å². The van der Waals surface area contributed by atoms with E-state index >= 15 is 0 Å². The molecule has 1 atom stereocenters. The molecule has 1 aliphatic heterocycles. The van der Waals surface area contributed by atoms with Crippen molar-refractivity contribution in [2.24, 2.45) is 11.8 Å². The van der Waals surface area contributed by atoms with Crippen molar-refractivity contribution in [3.63, 3.8) is 0 Å². The molecule has 0 aromatic rings. The van der Waals surface area contributed by atoms with Crippen molar-refractivity contribution >= 4 is 0 Å². The molecule has 118 valence electrons. The van der Waals surface area contributed by atoms with Crippen LogP contribution in [0.2, 0.25) is 0 Å². The average Bonchev–Trinajstić information content (AvgIpc) is 2.46. The molecule has 1 saturated carbocycles. The first-order valence-corrected chi connectivity index (χ1v) is 7.35. The van der Waals surface area contributed by atoms with Crippen LogP contribution in [0, 0.1) is 11.8 Å². The highest BCUT2D eigenvalue weighted by atomic mass is 19.4. The van der Waals surface area contributed by atoms with Crippen LogP contribution in [0.3, 0.4) is 0 Å². The van der Waals surface area contributed by atoms with Crippen LogP contribution in [0.25, 0.3) is 0 Å². The summed E-state index contributed by atoms with van der Waals surface area (Å²) in [7, 11) is 0. The molecule has 2 rings (SSSR count). The number of alkyl halides is 3.